The molecule has 0 spiro atoms. The van der Waals surface area contributed by atoms with Crippen LogP contribution in [0.15, 0.2) is 5.17 Å². The zero-order chi connectivity index (χ0) is 7.28. The van der Waals surface area contributed by atoms with Crippen molar-refractivity contribution in [3.05, 3.63) is 5.17 Å². The molecule has 54 valence electrons. The summed E-state index contributed by atoms with van der Waals surface area (Å²) in [5.74, 6) is 0. The minimum absolute atomic E-state index is 0.299. The van der Waals surface area contributed by atoms with Crippen LogP contribution in [0.1, 0.15) is 12.8 Å². The Labute approximate surface area is 96.1 Å². The molecule has 0 radical (unpaired) electrons. The highest BCUT2D eigenvalue weighted by Crippen LogP contribution is 2.28. The molecule has 0 amide bonds. The number of halogens is 3. The van der Waals surface area contributed by atoms with Crippen LogP contribution < -0.4 is 0 Å². The number of aliphatic hydroxyl groups excluding tert-OH is 1. The third-order valence-corrected chi connectivity index (χ3v) is 5.20. The molecule has 0 aromatic carbocycles. The third kappa shape index (κ3) is 6.29. The predicted octanol–water partition coefficient (Wildman–Crippen LogP) is 3.23. The Balaban J connectivity index is 3.50. The van der Waals surface area contributed by atoms with Gasteiger partial charge in [0.1, 0.15) is 0 Å². The van der Waals surface area contributed by atoms with Crippen LogP contribution in [0.25, 0.3) is 0 Å². The maximum absolute atomic E-state index is 8.47. The zero-order valence-corrected chi connectivity index (χ0v) is 11.2. The van der Waals surface area contributed by atoms with Gasteiger partial charge in [0.05, 0.1) is 1.59 Å². The number of hydrogen-bond acceptors (Lipinski definition) is 1. The molecular formula is C5H7I3O. The molecule has 0 aliphatic rings. The van der Waals surface area contributed by atoms with Crippen molar-refractivity contribution in [2.45, 2.75) is 12.8 Å². The summed E-state index contributed by atoms with van der Waals surface area (Å²) in [5.41, 5.74) is 0. The van der Waals surface area contributed by atoms with Gasteiger partial charge in [-0.2, -0.15) is 0 Å². The van der Waals surface area contributed by atoms with Crippen molar-refractivity contribution < 1.29 is 5.11 Å². The first-order valence-corrected chi connectivity index (χ1v) is 5.72. The molecule has 0 aromatic heterocycles. The number of rotatable bonds is 3. The number of aliphatic hydroxyl groups is 1. The number of allylic oxidation sites excluding steroid dienone is 1. The minimum Gasteiger partial charge on any atom is -0.396 e. The van der Waals surface area contributed by atoms with Crippen LogP contribution in [0.3, 0.4) is 0 Å². The summed E-state index contributed by atoms with van der Waals surface area (Å²) in [6.07, 6.45) is 1.89. The molecule has 0 fully saturated rings. The second-order valence-corrected chi connectivity index (χ2v) is 7.02. The summed E-state index contributed by atoms with van der Waals surface area (Å²) in [7, 11) is 0. The monoisotopic (exact) mass is 464 g/mol. The summed E-state index contributed by atoms with van der Waals surface area (Å²) in [6, 6.07) is 0. The van der Waals surface area contributed by atoms with Crippen LogP contribution in [0, 0.1) is 0 Å². The van der Waals surface area contributed by atoms with Crippen molar-refractivity contribution in [1.29, 1.82) is 0 Å². The Morgan fingerprint density at radius 1 is 1.22 bits per heavy atom. The lowest BCUT2D eigenvalue weighted by Crippen LogP contribution is -1.81. The second-order valence-electron chi connectivity index (χ2n) is 1.49. The highest BCUT2D eigenvalue weighted by molar-refractivity contribution is 14.2. The van der Waals surface area contributed by atoms with E-state index in [1.807, 2.05) is 0 Å². The third-order valence-electron chi connectivity index (χ3n) is 0.759. The van der Waals surface area contributed by atoms with E-state index >= 15 is 0 Å². The molecule has 9 heavy (non-hydrogen) atoms. The quantitative estimate of drug-likeness (QED) is 0.637. The highest BCUT2D eigenvalue weighted by Gasteiger charge is 1.94. The van der Waals surface area contributed by atoms with Crippen LogP contribution in [-0.4, -0.2) is 11.7 Å². The van der Waals surface area contributed by atoms with Crippen molar-refractivity contribution in [3.8, 4) is 0 Å². The first kappa shape index (κ1) is 10.9. The van der Waals surface area contributed by atoms with Crippen molar-refractivity contribution >= 4 is 67.8 Å². The Morgan fingerprint density at radius 3 is 2.11 bits per heavy atom. The van der Waals surface area contributed by atoms with E-state index < -0.39 is 0 Å². The first-order chi connectivity index (χ1) is 4.18. The molecule has 0 aromatic rings. The molecule has 0 atom stereocenters. The molecule has 0 heterocycles. The van der Waals surface area contributed by atoms with Gasteiger partial charge in [0.15, 0.2) is 0 Å². The molecule has 0 saturated heterocycles. The molecule has 0 rings (SSSR count). The summed E-state index contributed by atoms with van der Waals surface area (Å²) < 4.78 is 2.65. The van der Waals surface area contributed by atoms with Crippen LogP contribution in [0.4, 0.5) is 0 Å². The fourth-order valence-corrected chi connectivity index (χ4v) is 1.25. The van der Waals surface area contributed by atoms with Gasteiger partial charge >= 0.3 is 0 Å². The normalized spacial score (nSPS) is 9.33. The molecule has 0 unspecified atom stereocenters. The average Bonchev–Trinajstić information content (AvgIpc) is 1.82. The fraction of sp³-hybridized carbons (Fsp3) is 0.600. The van der Waals surface area contributed by atoms with Gasteiger partial charge in [-0.25, -0.2) is 0 Å². The van der Waals surface area contributed by atoms with Gasteiger partial charge in [-0.15, -0.1) is 0 Å². The summed E-state index contributed by atoms with van der Waals surface area (Å²) in [6.45, 7) is 0.299. The Bertz CT molecular complexity index is 107. The van der Waals surface area contributed by atoms with Crippen LogP contribution in [0.2, 0.25) is 0 Å². The molecule has 1 N–H and O–H groups in total. The van der Waals surface area contributed by atoms with E-state index in [1.165, 1.54) is 5.17 Å². The maximum Gasteiger partial charge on any atom is 0.0606 e. The largest absolute Gasteiger partial charge is 0.396 e. The molecule has 0 saturated carbocycles. The first-order valence-electron chi connectivity index (χ1n) is 2.49. The maximum atomic E-state index is 8.47. The highest BCUT2D eigenvalue weighted by atomic mass is 127. The van der Waals surface area contributed by atoms with E-state index in [1.54, 1.807) is 0 Å². The second kappa shape index (κ2) is 6.59. The lowest BCUT2D eigenvalue weighted by molar-refractivity contribution is 0.289. The Kier molecular flexibility index (Phi) is 7.97. The SMILES string of the molecule is OCCCC(I)=C(I)I. The number of hydrogen-bond donors (Lipinski definition) is 1. The Morgan fingerprint density at radius 2 is 1.78 bits per heavy atom. The smallest absolute Gasteiger partial charge is 0.0606 e. The fourth-order valence-electron chi connectivity index (χ4n) is 0.329. The van der Waals surface area contributed by atoms with Crippen LogP contribution in [0.5, 0.6) is 0 Å². The van der Waals surface area contributed by atoms with E-state index in [0.717, 1.165) is 12.8 Å². The van der Waals surface area contributed by atoms with Crippen molar-refractivity contribution in [1.82, 2.24) is 0 Å². The van der Waals surface area contributed by atoms with Gasteiger partial charge in [0.2, 0.25) is 0 Å². The van der Waals surface area contributed by atoms with Gasteiger partial charge in [-0.3, -0.25) is 0 Å². The minimum atomic E-state index is 0.299. The summed E-state index contributed by atoms with van der Waals surface area (Å²) in [5, 5.41) is 8.47. The van der Waals surface area contributed by atoms with E-state index in [-0.39, 0.29) is 0 Å². The zero-order valence-electron chi connectivity index (χ0n) is 4.70. The van der Waals surface area contributed by atoms with Gasteiger partial charge in [-0.05, 0) is 80.6 Å². The van der Waals surface area contributed by atoms with E-state index in [0.29, 0.717) is 6.61 Å². The van der Waals surface area contributed by atoms with E-state index in [2.05, 4.69) is 67.8 Å². The average molecular weight is 464 g/mol. The summed E-state index contributed by atoms with van der Waals surface area (Å²) in [4.78, 5) is 0. The van der Waals surface area contributed by atoms with Crippen LogP contribution in [-0.2, 0) is 0 Å². The van der Waals surface area contributed by atoms with E-state index in [9.17, 15) is 0 Å². The van der Waals surface area contributed by atoms with E-state index in [4.69, 9.17) is 5.11 Å². The molecular weight excluding hydrogens is 457 g/mol. The molecule has 1 nitrogen and oxygen atoms in total. The molecule has 4 heteroatoms. The van der Waals surface area contributed by atoms with Crippen molar-refractivity contribution in [2.75, 3.05) is 6.61 Å². The molecule has 0 aliphatic carbocycles. The summed E-state index contributed by atoms with van der Waals surface area (Å²) >= 11 is 6.88. The predicted molar refractivity (Wildman–Crippen MR) is 65.4 cm³/mol. The molecule has 0 bridgehead atoms. The van der Waals surface area contributed by atoms with Crippen molar-refractivity contribution in [2.24, 2.45) is 0 Å². The lowest BCUT2D eigenvalue weighted by atomic mass is 10.3. The Hall–Kier alpha value is 1.89. The van der Waals surface area contributed by atoms with Gasteiger partial charge in [0.25, 0.3) is 0 Å². The topological polar surface area (TPSA) is 20.2 Å². The molecule has 0 aliphatic heterocycles. The van der Waals surface area contributed by atoms with Gasteiger partial charge < -0.3 is 5.11 Å². The van der Waals surface area contributed by atoms with Gasteiger partial charge in [0, 0.05) is 10.2 Å². The van der Waals surface area contributed by atoms with Crippen LogP contribution >= 0.6 is 67.8 Å². The van der Waals surface area contributed by atoms with Gasteiger partial charge in [-0.1, -0.05) is 0 Å². The lowest BCUT2D eigenvalue weighted by Gasteiger charge is -1.95. The van der Waals surface area contributed by atoms with Crippen molar-refractivity contribution in [3.63, 3.8) is 0 Å². The standard InChI is InChI=1S/C5H7I3O/c6-4(5(7)8)2-1-3-9/h9H,1-3H2.